The van der Waals surface area contributed by atoms with Crippen LogP contribution in [0, 0.1) is 20.2 Å². The quantitative estimate of drug-likeness (QED) is 0.247. The molecule has 1 saturated heterocycles. The topological polar surface area (TPSA) is 136 Å². The van der Waals surface area contributed by atoms with E-state index in [4.69, 9.17) is 4.74 Å². The summed E-state index contributed by atoms with van der Waals surface area (Å²) in [6.07, 6.45) is 0.453. The Bertz CT molecular complexity index is 1260. The van der Waals surface area contributed by atoms with E-state index in [2.05, 4.69) is 0 Å². The van der Waals surface area contributed by atoms with Crippen LogP contribution in [0.25, 0.3) is 0 Å². The van der Waals surface area contributed by atoms with Gasteiger partial charge in [0.2, 0.25) is 5.91 Å². The predicted octanol–water partition coefficient (Wildman–Crippen LogP) is 2.94. The Morgan fingerprint density at radius 3 is 2.44 bits per heavy atom. The SMILES string of the molecule is CCOC(=O)[C@@]1(c2ccc([N+](=O)[O-])cc2[N+](=O)[O-])C[C@]2(C)c3ccccc3C[C@@H](CN(C)C)N2C1=O. The molecular weight excluding hydrogens is 468 g/mol. The number of likely N-dealkylation sites (N-methyl/N-ethyl adjacent to an activating group) is 1. The van der Waals surface area contributed by atoms with Gasteiger partial charge in [0.1, 0.15) is 0 Å². The summed E-state index contributed by atoms with van der Waals surface area (Å²) >= 11 is 0. The summed E-state index contributed by atoms with van der Waals surface area (Å²) in [5.41, 5.74) is -2.46. The summed E-state index contributed by atoms with van der Waals surface area (Å²) in [7, 11) is 3.77. The molecule has 4 rings (SSSR count). The van der Waals surface area contributed by atoms with Crippen LogP contribution in [0.15, 0.2) is 42.5 Å². The number of non-ortho nitro benzene ring substituents is 1. The van der Waals surface area contributed by atoms with E-state index >= 15 is 0 Å². The predicted molar refractivity (Wildman–Crippen MR) is 129 cm³/mol. The number of nitro benzene ring substituents is 2. The highest BCUT2D eigenvalue weighted by molar-refractivity contribution is 6.12. The minimum Gasteiger partial charge on any atom is -0.465 e. The van der Waals surface area contributed by atoms with E-state index in [0.29, 0.717) is 13.0 Å². The lowest BCUT2D eigenvalue weighted by Gasteiger charge is -2.47. The molecule has 0 saturated carbocycles. The molecule has 11 nitrogen and oxygen atoms in total. The molecule has 2 aromatic carbocycles. The molecule has 2 heterocycles. The number of carbonyl (C=O) groups is 2. The van der Waals surface area contributed by atoms with Gasteiger partial charge in [0.05, 0.1) is 33.6 Å². The summed E-state index contributed by atoms with van der Waals surface area (Å²) in [4.78, 5) is 53.6. The first-order chi connectivity index (χ1) is 17.0. The summed E-state index contributed by atoms with van der Waals surface area (Å²) in [6.45, 7) is 3.93. The average Bonchev–Trinajstić information content (AvgIpc) is 3.07. The lowest BCUT2D eigenvalue weighted by atomic mass is 9.71. The molecule has 3 atom stereocenters. The number of nitrogens with zero attached hydrogens (tertiary/aromatic N) is 4. The third kappa shape index (κ3) is 3.70. The average molecular weight is 497 g/mol. The number of ether oxygens (including phenoxy) is 1. The number of amides is 1. The van der Waals surface area contributed by atoms with Crippen molar-refractivity contribution in [3.8, 4) is 0 Å². The minimum absolute atomic E-state index is 0.0386. The first kappa shape index (κ1) is 25.2. The maximum atomic E-state index is 14.4. The third-order valence-corrected chi connectivity index (χ3v) is 7.19. The Morgan fingerprint density at radius 1 is 1.14 bits per heavy atom. The van der Waals surface area contributed by atoms with Crippen molar-refractivity contribution in [3.05, 3.63) is 79.4 Å². The monoisotopic (exact) mass is 496 g/mol. The number of benzene rings is 2. The lowest BCUT2D eigenvalue weighted by molar-refractivity contribution is -0.394. The van der Waals surface area contributed by atoms with Crippen molar-refractivity contribution in [3.63, 3.8) is 0 Å². The van der Waals surface area contributed by atoms with Crippen LogP contribution in [0.2, 0.25) is 0 Å². The Kier molecular flexibility index (Phi) is 6.29. The Morgan fingerprint density at radius 2 is 1.83 bits per heavy atom. The standard InChI is InChI=1S/C25H28N4O7/c1-5-36-23(31)25(20-11-10-17(28(32)33)13-21(20)29(34)35)15-24(2)19-9-7-6-8-16(19)12-18(14-26(3)4)27(24)22(25)30/h6-11,13,18H,5,12,14-15H2,1-4H3/t18-,24+,25+/m0/s1. The van der Waals surface area contributed by atoms with Crippen LogP contribution in [-0.2, 0) is 31.7 Å². The third-order valence-electron chi connectivity index (χ3n) is 7.19. The fourth-order valence-electron chi connectivity index (χ4n) is 5.92. The molecule has 2 aliphatic rings. The number of carbonyl (C=O) groups excluding carboxylic acids is 2. The summed E-state index contributed by atoms with van der Waals surface area (Å²) in [6, 6.07) is 10.4. The number of esters is 1. The smallest absolute Gasteiger partial charge is 0.326 e. The van der Waals surface area contributed by atoms with E-state index in [0.717, 1.165) is 29.3 Å². The normalized spacial score (nSPS) is 24.9. The molecule has 0 bridgehead atoms. The maximum Gasteiger partial charge on any atom is 0.326 e. The van der Waals surface area contributed by atoms with Gasteiger partial charge in [-0.15, -0.1) is 0 Å². The van der Waals surface area contributed by atoms with Crippen molar-refractivity contribution in [2.45, 2.75) is 43.7 Å². The van der Waals surface area contributed by atoms with Crippen LogP contribution < -0.4 is 0 Å². The van der Waals surface area contributed by atoms with Crippen molar-refractivity contribution in [1.29, 1.82) is 0 Å². The molecular formula is C25H28N4O7. The highest BCUT2D eigenvalue weighted by Gasteiger charge is 2.67. The minimum atomic E-state index is -2.04. The van der Waals surface area contributed by atoms with Crippen LogP contribution in [0.5, 0.6) is 0 Å². The fourth-order valence-corrected chi connectivity index (χ4v) is 5.92. The second-order valence-electron chi connectivity index (χ2n) is 9.74. The molecule has 0 radical (unpaired) electrons. The zero-order valence-corrected chi connectivity index (χ0v) is 20.6. The Labute approximate surface area is 207 Å². The summed E-state index contributed by atoms with van der Waals surface area (Å²) in [5.74, 6) is -1.49. The van der Waals surface area contributed by atoms with Gasteiger partial charge in [-0.25, -0.2) is 0 Å². The summed E-state index contributed by atoms with van der Waals surface area (Å²) < 4.78 is 5.37. The van der Waals surface area contributed by atoms with E-state index in [1.165, 1.54) is 0 Å². The number of nitro groups is 2. The van der Waals surface area contributed by atoms with Crippen LogP contribution in [0.3, 0.4) is 0 Å². The van der Waals surface area contributed by atoms with Crippen molar-refractivity contribution >= 4 is 23.3 Å². The van der Waals surface area contributed by atoms with Crippen LogP contribution >= 0.6 is 0 Å². The highest BCUT2D eigenvalue weighted by Crippen LogP contribution is 2.56. The molecule has 36 heavy (non-hydrogen) atoms. The van der Waals surface area contributed by atoms with Gasteiger partial charge in [0.15, 0.2) is 5.41 Å². The molecule has 2 aliphatic heterocycles. The molecule has 0 unspecified atom stereocenters. The molecule has 0 aliphatic carbocycles. The first-order valence-corrected chi connectivity index (χ1v) is 11.6. The van der Waals surface area contributed by atoms with Gasteiger partial charge in [-0.05, 0) is 51.6 Å². The number of hydrogen-bond acceptors (Lipinski definition) is 8. The molecule has 0 N–H and O–H groups in total. The zero-order valence-electron chi connectivity index (χ0n) is 20.6. The molecule has 1 fully saturated rings. The van der Waals surface area contributed by atoms with Gasteiger partial charge < -0.3 is 14.5 Å². The fraction of sp³-hybridized carbons (Fsp3) is 0.440. The maximum absolute atomic E-state index is 14.4. The summed E-state index contributed by atoms with van der Waals surface area (Å²) in [5, 5.41) is 23.4. The highest BCUT2D eigenvalue weighted by atomic mass is 16.6. The van der Waals surface area contributed by atoms with E-state index in [-0.39, 0.29) is 24.6 Å². The second kappa shape index (κ2) is 8.98. The Hall–Kier alpha value is -3.86. The zero-order chi connectivity index (χ0) is 26.4. The van der Waals surface area contributed by atoms with E-state index in [9.17, 15) is 29.8 Å². The molecule has 0 aromatic heterocycles. The van der Waals surface area contributed by atoms with Crippen molar-refractivity contribution in [2.24, 2.45) is 0 Å². The van der Waals surface area contributed by atoms with Gasteiger partial charge >= 0.3 is 5.97 Å². The lowest BCUT2D eigenvalue weighted by Crippen LogP contribution is -2.56. The molecule has 2 aromatic rings. The molecule has 1 amide bonds. The van der Waals surface area contributed by atoms with E-state index in [1.54, 1.807) is 11.8 Å². The van der Waals surface area contributed by atoms with Crippen molar-refractivity contribution in [2.75, 3.05) is 27.2 Å². The van der Waals surface area contributed by atoms with Crippen molar-refractivity contribution < 1.29 is 24.2 Å². The van der Waals surface area contributed by atoms with E-state index < -0.39 is 44.1 Å². The van der Waals surface area contributed by atoms with Gasteiger partial charge in [0, 0.05) is 25.1 Å². The van der Waals surface area contributed by atoms with Gasteiger partial charge in [0.25, 0.3) is 11.4 Å². The van der Waals surface area contributed by atoms with Gasteiger partial charge in [-0.2, -0.15) is 0 Å². The largest absolute Gasteiger partial charge is 0.465 e. The van der Waals surface area contributed by atoms with Crippen LogP contribution in [0.1, 0.15) is 37.0 Å². The molecule has 190 valence electrons. The van der Waals surface area contributed by atoms with Crippen molar-refractivity contribution in [1.82, 2.24) is 9.80 Å². The second-order valence-corrected chi connectivity index (χ2v) is 9.74. The van der Waals surface area contributed by atoms with Crippen LogP contribution in [0.4, 0.5) is 11.4 Å². The number of rotatable bonds is 7. The molecule has 0 spiro atoms. The number of fused-ring (bicyclic) bond motifs is 3. The number of hydrogen-bond donors (Lipinski definition) is 0. The molecule has 11 heteroatoms. The van der Waals surface area contributed by atoms with E-state index in [1.807, 2.05) is 50.2 Å². The Balaban J connectivity index is 2.01. The van der Waals surface area contributed by atoms with Gasteiger partial charge in [-0.3, -0.25) is 29.8 Å². The van der Waals surface area contributed by atoms with Gasteiger partial charge in [-0.1, -0.05) is 24.3 Å². The van der Waals surface area contributed by atoms with Crippen LogP contribution in [-0.4, -0.2) is 64.8 Å². The first-order valence-electron chi connectivity index (χ1n) is 11.6.